The number of amidine groups is 1. The second-order valence-corrected chi connectivity index (χ2v) is 9.62. The van der Waals surface area contributed by atoms with Crippen molar-refractivity contribution in [2.45, 2.75) is 27.2 Å². The Hall–Kier alpha value is -3.71. The molecule has 0 saturated carbocycles. The van der Waals surface area contributed by atoms with Crippen molar-refractivity contribution in [3.8, 4) is 11.5 Å². The number of aliphatic imine (C=N–C) groups is 1. The number of benzene rings is 3. The summed E-state index contributed by atoms with van der Waals surface area (Å²) in [5.74, 6) is 2.59. The highest BCUT2D eigenvalue weighted by Gasteiger charge is 2.11. The van der Waals surface area contributed by atoms with Crippen LogP contribution in [-0.4, -0.2) is 30.8 Å². The molecule has 1 N–H and O–H groups in total. The maximum atomic E-state index is 5.89. The van der Waals surface area contributed by atoms with Crippen molar-refractivity contribution in [1.82, 2.24) is 10.4 Å². The molecule has 0 radical (unpaired) electrons. The summed E-state index contributed by atoms with van der Waals surface area (Å²) in [4.78, 5) is 9.53. The first-order chi connectivity index (χ1) is 17.0. The number of nitrogens with zero attached hydrogens (tertiary/aromatic N) is 3. The molecule has 0 saturated heterocycles. The number of aryl methyl sites for hydroxylation is 1. The highest BCUT2D eigenvalue weighted by Crippen LogP contribution is 2.28. The molecule has 35 heavy (non-hydrogen) atoms. The quantitative estimate of drug-likeness (QED) is 0.162. The number of hydrazone groups is 1. The predicted molar refractivity (Wildman–Crippen MR) is 146 cm³/mol. The second kappa shape index (κ2) is 11.6. The van der Waals surface area contributed by atoms with E-state index >= 15 is 0 Å². The van der Waals surface area contributed by atoms with E-state index in [2.05, 4.69) is 37.4 Å². The van der Waals surface area contributed by atoms with Gasteiger partial charge in [-0.25, -0.2) is 9.98 Å². The zero-order valence-electron chi connectivity index (χ0n) is 20.5. The molecule has 3 aromatic carbocycles. The molecular formula is C28H30N4O2S. The van der Waals surface area contributed by atoms with Gasteiger partial charge in [0.15, 0.2) is 22.3 Å². The summed E-state index contributed by atoms with van der Waals surface area (Å²) in [5, 5.41) is 5.23. The Balaban J connectivity index is 1.55. The fourth-order valence-corrected chi connectivity index (χ4v) is 4.20. The van der Waals surface area contributed by atoms with Gasteiger partial charge in [0.05, 0.1) is 35.8 Å². The number of aromatic nitrogens is 1. The third kappa shape index (κ3) is 6.67. The van der Waals surface area contributed by atoms with Crippen molar-refractivity contribution < 1.29 is 9.47 Å². The van der Waals surface area contributed by atoms with E-state index < -0.39 is 0 Å². The first-order valence-electron chi connectivity index (χ1n) is 11.6. The van der Waals surface area contributed by atoms with Crippen LogP contribution in [0.3, 0.4) is 0 Å². The van der Waals surface area contributed by atoms with Crippen molar-refractivity contribution >= 4 is 39.3 Å². The van der Waals surface area contributed by atoms with Gasteiger partial charge in [-0.05, 0) is 67.3 Å². The molecular weight excluding hydrogens is 456 g/mol. The number of thiazole rings is 1. The molecule has 0 spiro atoms. The van der Waals surface area contributed by atoms with Crippen LogP contribution in [0, 0.1) is 12.8 Å². The van der Waals surface area contributed by atoms with Crippen LogP contribution < -0.4 is 14.9 Å². The van der Waals surface area contributed by atoms with E-state index in [0.29, 0.717) is 24.1 Å². The molecule has 1 heterocycles. The number of rotatable bonds is 9. The molecule has 0 fully saturated rings. The summed E-state index contributed by atoms with van der Waals surface area (Å²) in [6, 6.07) is 21.9. The molecule has 7 heteroatoms. The highest BCUT2D eigenvalue weighted by molar-refractivity contribution is 7.20. The van der Waals surface area contributed by atoms with Crippen molar-refractivity contribution in [3.63, 3.8) is 0 Å². The zero-order chi connectivity index (χ0) is 24.6. The third-order valence-corrected chi connectivity index (χ3v) is 6.34. The molecule has 0 unspecified atom stereocenters. The Morgan fingerprint density at radius 3 is 2.60 bits per heavy atom. The fourth-order valence-electron chi connectivity index (χ4n) is 3.30. The Morgan fingerprint density at radius 2 is 1.86 bits per heavy atom. The van der Waals surface area contributed by atoms with Gasteiger partial charge in [0.25, 0.3) is 0 Å². The first-order valence-corrected chi connectivity index (χ1v) is 12.4. The molecule has 4 aromatic rings. The van der Waals surface area contributed by atoms with Crippen LogP contribution in [0.15, 0.2) is 76.8 Å². The number of ether oxygens (including phenoxy) is 2. The van der Waals surface area contributed by atoms with Crippen LogP contribution in [0.1, 0.15) is 36.4 Å². The number of para-hydroxylation sites is 1. The molecule has 0 bridgehead atoms. The van der Waals surface area contributed by atoms with E-state index in [9.17, 15) is 0 Å². The van der Waals surface area contributed by atoms with Gasteiger partial charge < -0.3 is 9.47 Å². The number of hydrogen-bond donors (Lipinski definition) is 1. The fraction of sp³-hybridized carbons (Fsp3) is 0.250. The molecule has 0 aliphatic rings. The summed E-state index contributed by atoms with van der Waals surface area (Å²) >= 11 is 1.58. The van der Waals surface area contributed by atoms with Gasteiger partial charge in [-0.15, -0.1) is 11.3 Å². The normalized spacial score (nSPS) is 12.0. The van der Waals surface area contributed by atoms with Gasteiger partial charge in [-0.3, -0.25) is 5.43 Å². The molecule has 6 nitrogen and oxygen atoms in total. The molecule has 1 aromatic heterocycles. The number of nitrogens with one attached hydrogen (secondary N) is 1. The molecule has 0 aliphatic heterocycles. The summed E-state index contributed by atoms with van der Waals surface area (Å²) in [6.07, 6.45) is 2.73. The van der Waals surface area contributed by atoms with Crippen molar-refractivity contribution in [3.05, 3.63) is 82.9 Å². The maximum Gasteiger partial charge on any atom is 0.183 e. The first kappa shape index (κ1) is 24.4. The summed E-state index contributed by atoms with van der Waals surface area (Å²) in [5.41, 5.74) is 6.93. The Kier molecular flexibility index (Phi) is 8.11. The van der Waals surface area contributed by atoms with E-state index in [1.807, 2.05) is 60.7 Å². The molecule has 4 rings (SSSR count). The third-order valence-electron chi connectivity index (χ3n) is 5.30. The van der Waals surface area contributed by atoms with Crippen molar-refractivity contribution in [1.29, 1.82) is 0 Å². The number of fused-ring (bicyclic) bond motifs is 1. The minimum Gasteiger partial charge on any atom is -0.493 e. The van der Waals surface area contributed by atoms with E-state index in [-0.39, 0.29) is 0 Å². The van der Waals surface area contributed by atoms with Crippen LogP contribution in [0.4, 0.5) is 5.69 Å². The maximum absolute atomic E-state index is 5.89. The lowest BCUT2D eigenvalue weighted by molar-refractivity contribution is 0.273. The van der Waals surface area contributed by atoms with Gasteiger partial charge in [-0.1, -0.05) is 43.7 Å². The van der Waals surface area contributed by atoms with Crippen molar-refractivity contribution in [2.24, 2.45) is 16.0 Å². The minimum absolute atomic E-state index is 0.588. The summed E-state index contributed by atoms with van der Waals surface area (Å²) in [7, 11) is 1.64. The molecule has 0 atom stereocenters. The van der Waals surface area contributed by atoms with E-state index in [1.165, 1.54) is 5.56 Å². The van der Waals surface area contributed by atoms with E-state index in [4.69, 9.17) is 19.5 Å². The van der Waals surface area contributed by atoms with Crippen LogP contribution >= 0.6 is 11.3 Å². The molecule has 0 aliphatic carbocycles. The Labute approximate surface area is 210 Å². The van der Waals surface area contributed by atoms with E-state index in [1.54, 1.807) is 24.7 Å². The average Bonchev–Trinajstić information content (AvgIpc) is 3.29. The largest absolute Gasteiger partial charge is 0.493 e. The monoisotopic (exact) mass is 486 g/mol. The average molecular weight is 487 g/mol. The topological polar surface area (TPSA) is 68.1 Å². The smallest absolute Gasteiger partial charge is 0.183 e. The van der Waals surface area contributed by atoms with E-state index in [0.717, 1.165) is 38.6 Å². The lowest BCUT2D eigenvalue weighted by atomic mass is 10.1. The van der Waals surface area contributed by atoms with Gasteiger partial charge in [0.1, 0.15) is 0 Å². The number of methoxy groups -OCH3 is 1. The Bertz CT molecular complexity index is 1290. The van der Waals surface area contributed by atoms with Gasteiger partial charge in [0, 0.05) is 0 Å². The van der Waals surface area contributed by atoms with Crippen LogP contribution in [0.2, 0.25) is 0 Å². The molecule has 180 valence electrons. The molecule has 0 amide bonds. The SMILES string of the molecule is COc1cc(/C=N/NC(=Nc2ccc(C)cc2)c2nc3ccccc3s2)ccc1OCCC(C)C. The Morgan fingerprint density at radius 1 is 1.06 bits per heavy atom. The van der Waals surface area contributed by atoms with Crippen LogP contribution in [0.5, 0.6) is 11.5 Å². The second-order valence-electron chi connectivity index (χ2n) is 8.59. The standard InChI is InChI=1S/C28H30N4O2S/c1-19(2)15-16-34-24-14-11-21(17-25(24)33-4)18-29-32-27(30-22-12-9-20(3)10-13-22)28-31-23-7-5-6-8-26(23)35-28/h5-14,17-19H,15-16H2,1-4H3,(H,30,32)/b29-18+. The van der Waals surface area contributed by atoms with Crippen LogP contribution in [-0.2, 0) is 0 Å². The lowest BCUT2D eigenvalue weighted by Crippen LogP contribution is -2.18. The zero-order valence-corrected chi connectivity index (χ0v) is 21.3. The summed E-state index contributed by atoms with van der Waals surface area (Å²) in [6.45, 7) is 7.07. The number of hydrogen-bond acceptors (Lipinski definition) is 6. The van der Waals surface area contributed by atoms with Gasteiger partial charge >= 0.3 is 0 Å². The lowest BCUT2D eigenvalue weighted by Gasteiger charge is -2.12. The predicted octanol–water partition coefficient (Wildman–Crippen LogP) is 6.74. The van der Waals surface area contributed by atoms with Crippen LogP contribution in [0.25, 0.3) is 10.2 Å². The minimum atomic E-state index is 0.588. The van der Waals surface area contributed by atoms with Gasteiger partial charge in [-0.2, -0.15) is 5.10 Å². The summed E-state index contributed by atoms with van der Waals surface area (Å²) < 4.78 is 12.5. The highest BCUT2D eigenvalue weighted by atomic mass is 32.1. The van der Waals surface area contributed by atoms with Crippen molar-refractivity contribution in [2.75, 3.05) is 13.7 Å². The van der Waals surface area contributed by atoms with Gasteiger partial charge in [0.2, 0.25) is 0 Å².